The van der Waals surface area contributed by atoms with Crippen molar-refractivity contribution in [2.75, 3.05) is 58.3 Å². The van der Waals surface area contributed by atoms with Gasteiger partial charge in [0.25, 0.3) is 17.7 Å². The van der Waals surface area contributed by atoms with Crippen molar-refractivity contribution in [1.82, 2.24) is 34.8 Å². The molecule has 4 aliphatic rings. The SMILES string of the molecule is C.COc1cc2nn(C3CCN(CC4CCN(CCOc5ccc6c(c5)C(=O)N(C5CCC(=O)NC5=O)C6=O)CC4)CC3)cc2cc1NC(=O)c1cccc(C(F)(F)F)n1. The first kappa shape index (κ1) is 42.3. The number of halogens is 3. The summed E-state index contributed by atoms with van der Waals surface area (Å²) in [7, 11) is 1.44. The number of imide groups is 2. The second-order valence-corrected chi connectivity index (χ2v) is 15.4. The fraction of sp³-hybridized carbons (Fsp3) is 0.452. The molecule has 0 radical (unpaired) electrons. The van der Waals surface area contributed by atoms with Crippen LogP contribution >= 0.6 is 0 Å². The molecule has 2 N–H and O–H groups in total. The normalized spacial score (nSPS) is 19.6. The number of nitrogens with one attached hydrogen (secondary N) is 2. The Hall–Kier alpha value is -5.88. The summed E-state index contributed by atoms with van der Waals surface area (Å²) in [4.78, 5) is 72.2. The first-order chi connectivity index (χ1) is 28.3. The lowest BCUT2D eigenvalue weighted by molar-refractivity contribution is -0.141. The van der Waals surface area contributed by atoms with Crippen LogP contribution in [0.1, 0.15) is 88.9 Å². The maximum absolute atomic E-state index is 13.2. The molecule has 2 aromatic heterocycles. The van der Waals surface area contributed by atoms with Crippen molar-refractivity contribution < 1.29 is 46.6 Å². The third-order valence-corrected chi connectivity index (χ3v) is 11.6. The predicted molar refractivity (Wildman–Crippen MR) is 213 cm³/mol. The van der Waals surface area contributed by atoms with Crippen LogP contribution in [0.5, 0.6) is 11.5 Å². The number of carbonyl (C=O) groups excluding carboxylic acids is 5. The van der Waals surface area contributed by atoms with Crippen LogP contribution in [0.4, 0.5) is 18.9 Å². The van der Waals surface area contributed by atoms with Gasteiger partial charge in [0, 0.05) is 50.2 Å². The molecule has 4 aliphatic heterocycles. The highest BCUT2D eigenvalue weighted by Gasteiger charge is 2.45. The van der Waals surface area contributed by atoms with Gasteiger partial charge in [-0.25, -0.2) is 4.98 Å². The zero-order valence-electron chi connectivity index (χ0n) is 32.3. The van der Waals surface area contributed by atoms with Gasteiger partial charge in [-0.15, -0.1) is 0 Å². The number of hydrogen-bond acceptors (Lipinski definition) is 11. The Morgan fingerprint density at radius 1 is 0.917 bits per heavy atom. The molecule has 0 aliphatic carbocycles. The third kappa shape index (κ3) is 8.84. The summed E-state index contributed by atoms with van der Waals surface area (Å²) >= 11 is 0. The number of hydrogen-bond donors (Lipinski definition) is 2. The summed E-state index contributed by atoms with van der Waals surface area (Å²) < 4.78 is 52.9. The number of pyridine rings is 1. The second kappa shape index (κ2) is 17.4. The monoisotopic (exact) mass is 832 g/mol. The number of piperidine rings is 3. The van der Waals surface area contributed by atoms with Crippen LogP contribution in [0.25, 0.3) is 10.9 Å². The smallest absolute Gasteiger partial charge is 0.433 e. The highest BCUT2D eigenvalue weighted by Crippen LogP contribution is 2.34. The molecule has 3 fully saturated rings. The molecule has 5 amide bonds. The van der Waals surface area contributed by atoms with Crippen molar-refractivity contribution in [1.29, 1.82) is 0 Å². The average molecular weight is 833 g/mol. The molecule has 1 unspecified atom stereocenters. The molecular weight excluding hydrogens is 786 g/mol. The van der Waals surface area contributed by atoms with E-state index >= 15 is 0 Å². The number of rotatable bonds is 11. The number of carbonyl (C=O) groups is 5. The predicted octanol–water partition coefficient (Wildman–Crippen LogP) is 5.18. The second-order valence-electron chi connectivity index (χ2n) is 15.4. The van der Waals surface area contributed by atoms with Crippen LogP contribution in [0.3, 0.4) is 0 Å². The van der Waals surface area contributed by atoms with Gasteiger partial charge in [0.1, 0.15) is 35.5 Å². The molecule has 15 nitrogen and oxygen atoms in total. The quantitative estimate of drug-likeness (QED) is 0.191. The standard InChI is InChI=1S/C41H43F3N8O7.CH4/c1-58-34-21-31-25(19-32(34)46-37(54)30-3-2-4-35(45-30)41(42,43)44)23-51(48-31)26-11-15-50(16-12-26)22-24-9-13-49(14-10-24)17-18-59-27-5-6-28-29(20-27)40(57)52(39(28)56)33-7-8-36(53)47-38(33)55;/h2-6,19-21,23-24,26,33H,7-18,22H2,1H3,(H,46,54)(H,47,53,55);1H4. The number of aromatic nitrogens is 3. The van der Waals surface area contributed by atoms with E-state index in [9.17, 15) is 37.1 Å². The van der Waals surface area contributed by atoms with Gasteiger partial charge in [-0.3, -0.25) is 43.8 Å². The molecule has 4 aromatic rings. The van der Waals surface area contributed by atoms with Gasteiger partial charge in [-0.2, -0.15) is 18.3 Å². The fourth-order valence-electron chi connectivity index (χ4n) is 8.39. The average Bonchev–Trinajstić information content (AvgIpc) is 3.75. The maximum Gasteiger partial charge on any atom is 0.433 e. The van der Waals surface area contributed by atoms with Crippen molar-refractivity contribution in [3.05, 3.63) is 77.2 Å². The van der Waals surface area contributed by atoms with Gasteiger partial charge in [-0.05, 0) is 87.5 Å². The molecule has 0 spiro atoms. The summed E-state index contributed by atoms with van der Waals surface area (Å²) in [5.74, 6) is -1.58. The molecule has 318 valence electrons. The van der Waals surface area contributed by atoms with Crippen LogP contribution in [0.2, 0.25) is 0 Å². The number of likely N-dealkylation sites (tertiary alicyclic amines) is 2. The number of alkyl halides is 3. The van der Waals surface area contributed by atoms with Crippen molar-refractivity contribution in [2.24, 2.45) is 5.92 Å². The Morgan fingerprint density at radius 3 is 2.37 bits per heavy atom. The van der Waals surface area contributed by atoms with Crippen molar-refractivity contribution in [2.45, 2.75) is 64.2 Å². The van der Waals surface area contributed by atoms with E-state index in [0.717, 1.165) is 87.4 Å². The maximum atomic E-state index is 13.2. The minimum atomic E-state index is -4.67. The largest absolute Gasteiger partial charge is 0.494 e. The van der Waals surface area contributed by atoms with E-state index in [-0.39, 0.29) is 43.1 Å². The van der Waals surface area contributed by atoms with Crippen LogP contribution in [-0.4, -0.2) is 118 Å². The van der Waals surface area contributed by atoms with E-state index in [4.69, 9.17) is 14.6 Å². The molecule has 18 heteroatoms. The zero-order valence-corrected chi connectivity index (χ0v) is 32.3. The van der Waals surface area contributed by atoms with Gasteiger partial charge in [0.15, 0.2) is 0 Å². The lowest BCUT2D eigenvalue weighted by atomic mass is 9.94. The number of amides is 5. The summed E-state index contributed by atoms with van der Waals surface area (Å²) in [5.41, 5.74) is -0.129. The van der Waals surface area contributed by atoms with Crippen molar-refractivity contribution >= 4 is 46.1 Å². The summed E-state index contributed by atoms with van der Waals surface area (Å²) in [6.45, 7) is 5.92. The lowest BCUT2D eigenvalue weighted by Crippen LogP contribution is -2.54. The number of anilines is 1. The number of methoxy groups -OCH3 is 1. The van der Waals surface area contributed by atoms with Crippen LogP contribution < -0.4 is 20.1 Å². The molecule has 3 saturated heterocycles. The van der Waals surface area contributed by atoms with Gasteiger partial charge >= 0.3 is 6.18 Å². The van der Waals surface area contributed by atoms with Gasteiger partial charge < -0.3 is 19.7 Å². The Bertz CT molecular complexity index is 2300. The Balaban J connectivity index is 0.00000544. The van der Waals surface area contributed by atoms with Crippen molar-refractivity contribution in [3.8, 4) is 11.5 Å². The van der Waals surface area contributed by atoms with Gasteiger partial charge in [0.2, 0.25) is 11.8 Å². The van der Waals surface area contributed by atoms with Crippen molar-refractivity contribution in [3.63, 3.8) is 0 Å². The third-order valence-electron chi connectivity index (χ3n) is 11.6. The highest BCUT2D eigenvalue weighted by molar-refractivity contribution is 6.23. The highest BCUT2D eigenvalue weighted by atomic mass is 19.4. The summed E-state index contributed by atoms with van der Waals surface area (Å²) in [6, 6.07) is 10.5. The fourth-order valence-corrected chi connectivity index (χ4v) is 8.39. The minimum Gasteiger partial charge on any atom is -0.494 e. The van der Waals surface area contributed by atoms with E-state index in [1.807, 2.05) is 10.9 Å². The number of benzene rings is 2. The Kier molecular flexibility index (Phi) is 12.2. The molecule has 0 bridgehead atoms. The van der Waals surface area contributed by atoms with Gasteiger partial charge in [-0.1, -0.05) is 13.5 Å². The first-order valence-corrected chi connectivity index (χ1v) is 19.7. The molecule has 6 heterocycles. The van der Waals surface area contributed by atoms with E-state index in [2.05, 4.69) is 25.4 Å². The van der Waals surface area contributed by atoms with E-state index < -0.39 is 47.4 Å². The Labute approximate surface area is 344 Å². The lowest BCUT2D eigenvalue weighted by Gasteiger charge is -2.37. The molecule has 2 aromatic carbocycles. The van der Waals surface area contributed by atoms with E-state index in [1.54, 1.807) is 30.3 Å². The molecule has 1 atom stereocenters. The van der Waals surface area contributed by atoms with Crippen LogP contribution in [0.15, 0.2) is 54.7 Å². The minimum absolute atomic E-state index is 0. The number of nitrogens with zero attached hydrogens (tertiary/aromatic N) is 6. The molecule has 8 rings (SSSR count). The van der Waals surface area contributed by atoms with Crippen LogP contribution in [-0.2, 0) is 15.8 Å². The topological polar surface area (TPSA) is 168 Å². The zero-order chi connectivity index (χ0) is 41.4. The first-order valence-electron chi connectivity index (χ1n) is 19.7. The van der Waals surface area contributed by atoms with Gasteiger partial charge in [0.05, 0.1) is 35.5 Å². The summed E-state index contributed by atoms with van der Waals surface area (Å²) in [6.07, 6.45) is 1.40. The number of ether oxygens (including phenoxy) is 2. The molecule has 60 heavy (non-hydrogen) atoms. The number of fused-ring (bicyclic) bond motifs is 2. The molecular formula is C42H47F3N8O7. The molecule has 0 saturated carbocycles. The van der Waals surface area contributed by atoms with E-state index in [0.29, 0.717) is 35.2 Å². The van der Waals surface area contributed by atoms with E-state index in [1.165, 1.54) is 13.2 Å². The summed E-state index contributed by atoms with van der Waals surface area (Å²) in [5, 5.41) is 10.4. The van der Waals surface area contributed by atoms with Crippen LogP contribution in [0, 0.1) is 5.92 Å². The Morgan fingerprint density at radius 2 is 1.65 bits per heavy atom.